The molecular formula is C31H32N6O5. The minimum atomic E-state index is -1.66. The zero-order valence-electron chi connectivity index (χ0n) is 23.9. The molecule has 2 aromatic carbocycles. The van der Waals surface area contributed by atoms with E-state index in [9.17, 15) is 5.26 Å². The number of aryl methyl sites for hydroxylation is 1. The molecule has 1 unspecified atom stereocenters. The molecule has 11 nitrogen and oxygen atoms in total. The van der Waals surface area contributed by atoms with Crippen LogP contribution in [0.3, 0.4) is 0 Å². The molecule has 6 rings (SSSR count). The van der Waals surface area contributed by atoms with Crippen molar-refractivity contribution in [3.05, 3.63) is 76.8 Å². The quantitative estimate of drug-likeness (QED) is 0.296. The van der Waals surface area contributed by atoms with Crippen LogP contribution in [-0.2, 0) is 24.4 Å². The Labute approximate surface area is 244 Å². The lowest BCUT2D eigenvalue weighted by Gasteiger charge is -2.39. The van der Waals surface area contributed by atoms with E-state index in [1.54, 1.807) is 16.8 Å². The zero-order chi connectivity index (χ0) is 29.4. The second-order valence-electron chi connectivity index (χ2n) is 9.98. The van der Waals surface area contributed by atoms with Crippen molar-refractivity contribution in [2.24, 2.45) is 4.99 Å². The molecule has 11 heteroatoms. The minimum Gasteiger partial charge on any atom is -0.421 e. The largest absolute Gasteiger partial charge is 0.421 e. The molecule has 1 spiro atoms. The summed E-state index contributed by atoms with van der Waals surface area (Å²) in [7, 11) is 0. The first kappa shape index (κ1) is 27.7. The number of hydrogen-bond donors (Lipinski definition) is 0. The van der Waals surface area contributed by atoms with E-state index in [1.165, 1.54) is 4.90 Å². The van der Waals surface area contributed by atoms with Crippen LogP contribution in [0.2, 0.25) is 0 Å². The van der Waals surface area contributed by atoms with E-state index in [-0.39, 0.29) is 11.5 Å². The molecule has 3 aliphatic heterocycles. The number of rotatable bonds is 8. The van der Waals surface area contributed by atoms with Gasteiger partial charge in [-0.15, -0.1) is 0 Å². The summed E-state index contributed by atoms with van der Waals surface area (Å²) in [6.07, 6.45) is -1.03. The average Bonchev–Trinajstić information content (AvgIpc) is 3.49. The molecule has 0 bridgehead atoms. The van der Waals surface area contributed by atoms with Gasteiger partial charge in [0.1, 0.15) is 11.6 Å². The highest BCUT2D eigenvalue weighted by Crippen LogP contribution is 2.60. The Morgan fingerprint density at radius 1 is 1.10 bits per heavy atom. The fourth-order valence-electron chi connectivity index (χ4n) is 6.12. The van der Waals surface area contributed by atoms with E-state index < -0.39 is 17.7 Å². The van der Waals surface area contributed by atoms with Gasteiger partial charge in [0.25, 0.3) is 5.91 Å². The van der Waals surface area contributed by atoms with E-state index in [4.69, 9.17) is 24.0 Å². The maximum atomic E-state index is 15.2. The number of nitriles is 1. The molecule has 0 N–H and O–H groups in total. The summed E-state index contributed by atoms with van der Waals surface area (Å²) in [6, 6.07) is 17.3. The number of anilines is 1. The van der Waals surface area contributed by atoms with Crippen molar-refractivity contribution in [3.63, 3.8) is 0 Å². The number of carbonyl (C=O) groups excluding carboxylic acids is 1. The van der Waals surface area contributed by atoms with Crippen molar-refractivity contribution >= 4 is 24.0 Å². The molecule has 3 aromatic rings. The highest BCUT2D eigenvalue weighted by atomic mass is 16.7. The van der Waals surface area contributed by atoms with Gasteiger partial charge >= 0.3 is 0 Å². The predicted octanol–water partition coefficient (Wildman–Crippen LogP) is 3.96. The number of fused-ring (bicyclic) bond motifs is 4. The second-order valence-corrected chi connectivity index (χ2v) is 9.98. The Bertz CT molecular complexity index is 1600. The first-order valence-corrected chi connectivity index (χ1v) is 14.0. The Morgan fingerprint density at radius 3 is 2.45 bits per heavy atom. The summed E-state index contributed by atoms with van der Waals surface area (Å²) in [6.45, 7) is 11.8. The number of ether oxygens (including phenoxy) is 4. The predicted molar refractivity (Wildman–Crippen MR) is 155 cm³/mol. The third-order valence-corrected chi connectivity index (χ3v) is 7.78. The van der Waals surface area contributed by atoms with E-state index in [2.05, 4.69) is 17.8 Å². The van der Waals surface area contributed by atoms with Crippen molar-refractivity contribution in [2.75, 3.05) is 44.4 Å². The number of carbonyl (C=O) groups is 1. The van der Waals surface area contributed by atoms with Crippen LogP contribution in [-0.4, -0.2) is 73.2 Å². The highest BCUT2D eigenvalue weighted by Gasteiger charge is 2.64. The van der Waals surface area contributed by atoms with Crippen molar-refractivity contribution in [1.29, 1.82) is 5.26 Å². The molecule has 4 heterocycles. The molecule has 0 radical (unpaired) electrons. The van der Waals surface area contributed by atoms with Crippen LogP contribution >= 0.6 is 0 Å². The summed E-state index contributed by atoms with van der Waals surface area (Å²) in [5, 5.41) is 15.8. The third kappa shape index (κ3) is 3.94. The number of para-hydroxylation sites is 1. The lowest BCUT2D eigenvalue weighted by molar-refractivity contribution is -0.150. The molecule has 0 aliphatic carbocycles. The van der Waals surface area contributed by atoms with Gasteiger partial charge in [-0.3, -0.25) is 14.7 Å². The molecule has 42 heavy (non-hydrogen) atoms. The topological polar surface area (TPSA) is 114 Å². The van der Waals surface area contributed by atoms with Crippen LogP contribution < -0.4 is 9.64 Å². The SMILES string of the molecule is C=Nc1cccc2c1C1(C(=O)N2C(OCC)OCC)C(C#N)=C(N2CCOCC2)Oc2c1c(C)nn2-c1ccccc1. The van der Waals surface area contributed by atoms with Crippen molar-refractivity contribution in [1.82, 2.24) is 14.7 Å². The summed E-state index contributed by atoms with van der Waals surface area (Å²) in [5.41, 5.74) is 1.73. The molecule has 0 saturated carbocycles. The maximum absolute atomic E-state index is 15.2. The van der Waals surface area contributed by atoms with Gasteiger partial charge in [0, 0.05) is 31.9 Å². The van der Waals surface area contributed by atoms with Crippen LogP contribution in [0.1, 0.15) is 30.7 Å². The van der Waals surface area contributed by atoms with E-state index in [0.29, 0.717) is 73.6 Å². The van der Waals surface area contributed by atoms with E-state index >= 15 is 4.79 Å². The van der Waals surface area contributed by atoms with Gasteiger partial charge in [-0.2, -0.15) is 10.4 Å². The van der Waals surface area contributed by atoms with Crippen LogP contribution in [0.4, 0.5) is 11.4 Å². The van der Waals surface area contributed by atoms with Crippen LogP contribution in [0, 0.1) is 18.3 Å². The van der Waals surface area contributed by atoms with Crippen LogP contribution in [0.25, 0.3) is 5.69 Å². The van der Waals surface area contributed by atoms with E-state index in [1.807, 2.05) is 62.1 Å². The first-order chi connectivity index (χ1) is 20.5. The van der Waals surface area contributed by atoms with Gasteiger partial charge in [-0.1, -0.05) is 24.3 Å². The Hall–Kier alpha value is -4.50. The molecule has 216 valence electrons. The number of nitrogens with zero attached hydrogens (tertiary/aromatic N) is 6. The van der Waals surface area contributed by atoms with E-state index in [0.717, 1.165) is 5.69 Å². The fourth-order valence-corrected chi connectivity index (χ4v) is 6.12. The molecule has 1 amide bonds. The summed E-state index contributed by atoms with van der Waals surface area (Å²) in [4.78, 5) is 23.0. The Balaban J connectivity index is 1.73. The average molecular weight is 569 g/mol. The smallest absolute Gasteiger partial charge is 0.252 e. The number of aliphatic imine (C=N–C) groups is 1. The number of benzene rings is 2. The number of hydrogen-bond acceptors (Lipinski definition) is 9. The summed E-state index contributed by atoms with van der Waals surface area (Å²) >= 11 is 0. The van der Waals surface area contributed by atoms with Gasteiger partial charge < -0.3 is 23.8 Å². The normalized spacial score (nSPS) is 19.6. The standard InChI is InChI=1S/C31H32N6O5/c1-5-40-30(41-6-2)36-24-14-10-13-23(33-4)26(24)31(29(36)38)22(19-32)27(35-15-17-39-18-16-35)42-28-25(31)20(3)34-37(28)21-11-8-7-9-12-21/h7-14,30H,4-6,15-18H2,1-3H3. The summed E-state index contributed by atoms with van der Waals surface area (Å²) in [5.74, 6) is 0.224. The lowest BCUT2D eigenvalue weighted by atomic mass is 9.68. The molecule has 1 saturated heterocycles. The van der Waals surface area contributed by atoms with Crippen LogP contribution in [0.5, 0.6) is 5.88 Å². The van der Waals surface area contributed by atoms with Crippen LogP contribution in [0.15, 0.2) is 65.0 Å². The van der Waals surface area contributed by atoms with Crippen molar-refractivity contribution in [3.8, 4) is 17.6 Å². The Kier molecular flexibility index (Phi) is 7.28. The number of amides is 1. The summed E-state index contributed by atoms with van der Waals surface area (Å²) < 4.78 is 25.9. The fraction of sp³-hybridized carbons (Fsp3) is 0.355. The third-order valence-electron chi connectivity index (χ3n) is 7.78. The molecule has 1 aromatic heterocycles. The van der Waals surface area contributed by atoms with Gasteiger partial charge in [0.05, 0.1) is 41.5 Å². The number of morpholine rings is 1. The van der Waals surface area contributed by atoms with Gasteiger partial charge in [0.2, 0.25) is 18.2 Å². The monoisotopic (exact) mass is 568 g/mol. The van der Waals surface area contributed by atoms with Crippen molar-refractivity contribution < 1.29 is 23.7 Å². The minimum absolute atomic E-state index is 0.143. The first-order valence-electron chi connectivity index (χ1n) is 14.0. The second kappa shape index (κ2) is 11.1. The number of aromatic nitrogens is 2. The molecule has 1 fully saturated rings. The lowest BCUT2D eigenvalue weighted by Crippen LogP contribution is -2.51. The van der Waals surface area contributed by atoms with Crippen molar-refractivity contribution in [2.45, 2.75) is 32.6 Å². The van der Waals surface area contributed by atoms with Gasteiger partial charge in [-0.05, 0) is 51.8 Å². The maximum Gasteiger partial charge on any atom is 0.252 e. The zero-order valence-corrected chi connectivity index (χ0v) is 23.9. The molecular weight excluding hydrogens is 536 g/mol. The molecule has 1 atom stereocenters. The van der Waals surface area contributed by atoms with Gasteiger partial charge in [0.15, 0.2) is 5.41 Å². The Morgan fingerprint density at radius 2 is 1.81 bits per heavy atom. The van der Waals surface area contributed by atoms with Gasteiger partial charge in [-0.25, -0.2) is 4.68 Å². The molecule has 3 aliphatic rings. The highest BCUT2D eigenvalue weighted by molar-refractivity contribution is 6.16.